The van der Waals surface area contributed by atoms with Gasteiger partial charge in [0.1, 0.15) is 5.75 Å². The number of alkyl halides is 2. The Balaban J connectivity index is 2.85. The predicted molar refractivity (Wildman–Crippen MR) is 68.6 cm³/mol. The SMILES string of the molecule is Cc1cc(C(=O)NCCCN)cc(C)c1OC(F)F. The van der Waals surface area contributed by atoms with Crippen LogP contribution in [0.5, 0.6) is 5.75 Å². The Morgan fingerprint density at radius 2 is 1.95 bits per heavy atom. The van der Waals surface area contributed by atoms with Crippen LogP contribution in [0.3, 0.4) is 0 Å². The van der Waals surface area contributed by atoms with Crippen molar-refractivity contribution in [2.45, 2.75) is 26.9 Å². The number of ether oxygens (including phenoxy) is 1. The molecule has 4 nitrogen and oxygen atoms in total. The molecule has 19 heavy (non-hydrogen) atoms. The number of nitrogens with one attached hydrogen (secondary N) is 1. The van der Waals surface area contributed by atoms with E-state index < -0.39 is 6.61 Å². The summed E-state index contributed by atoms with van der Waals surface area (Å²) < 4.78 is 28.9. The van der Waals surface area contributed by atoms with Crippen LogP contribution in [-0.4, -0.2) is 25.6 Å². The van der Waals surface area contributed by atoms with Gasteiger partial charge in [-0.15, -0.1) is 0 Å². The van der Waals surface area contributed by atoms with E-state index >= 15 is 0 Å². The number of nitrogens with two attached hydrogens (primary N) is 1. The normalized spacial score (nSPS) is 10.6. The lowest BCUT2D eigenvalue weighted by Crippen LogP contribution is -2.26. The van der Waals surface area contributed by atoms with Gasteiger partial charge in [-0.3, -0.25) is 4.79 Å². The molecule has 6 heteroatoms. The molecule has 106 valence electrons. The number of carbonyl (C=O) groups is 1. The van der Waals surface area contributed by atoms with Crippen molar-refractivity contribution in [3.63, 3.8) is 0 Å². The summed E-state index contributed by atoms with van der Waals surface area (Å²) in [4.78, 5) is 11.8. The van der Waals surface area contributed by atoms with Crippen LogP contribution < -0.4 is 15.8 Å². The Morgan fingerprint density at radius 1 is 1.37 bits per heavy atom. The molecule has 0 saturated heterocycles. The van der Waals surface area contributed by atoms with Gasteiger partial charge in [0.05, 0.1) is 0 Å². The van der Waals surface area contributed by atoms with Crippen LogP contribution in [0.4, 0.5) is 8.78 Å². The van der Waals surface area contributed by atoms with E-state index in [0.717, 1.165) is 0 Å². The fourth-order valence-electron chi connectivity index (χ4n) is 1.76. The highest BCUT2D eigenvalue weighted by Crippen LogP contribution is 2.26. The highest BCUT2D eigenvalue weighted by Gasteiger charge is 2.14. The summed E-state index contributed by atoms with van der Waals surface area (Å²) in [6.45, 7) is 1.37. The molecule has 0 fully saturated rings. The van der Waals surface area contributed by atoms with Crippen LogP contribution in [0, 0.1) is 13.8 Å². The van der Waals surface area contributed by atoms with Crippen LogP contribution in [0.1, 0.15) is 27.9 Å². The molecular weight excluding hydrogens is 254 g/mol. The van der Waals surface area contributed by atoms with Crippen LogP contribution >= 0.6 is 0 Å². The highest BCUT2D eigenvalue weighted by molar-refractivity contribution is 5.94. The van der Waals surface area contributed by atoms with E-state index in [1.165, 1.54) is 12.1 Å². The van der Waals surface area contributed by atoms with E-state index in [1.807, 2.05) is 0 Å². The minimum absolute atomic E-state index is 0.119. The van der Waals surface area contributed by atoms with Gasteiger partial charge >= 0.3 is 6.61 Å². The van der Waals surface area contributed by atoms with E-state index in [9.17, 15) is 13.6 Å². The number of hydrogen-bond acceptors (Lipinski definition) is 3. The molecule has 0 aliphatic rings. The Bertz CT molecular complexity index is 427. The number of benzene rings is 1. The molecule has 3 N–H and O–H groups in total. The lowest BCUT2D eigenvalue weighted by Gasteiger charge is -2.13. The first kappa shape index (κ1) is 15.4. The van der Waals surface area contributed by atoms with Crippen molar-refractivity contribution in [3.05, 3.63) is 28.8 Å². The van der Waals surface area contributed by atoms with Crippen LogP contribution in [0.25, 0.3) is 0 Å². The molecule has 1 aromatic rings. The molecule has 0 spiro atoms. The maximum Gasteiger partial charge on any atom is 0.387 e. The van der Waals surface area contributed by atoms with Crippen molar-refractivity contribution >= 4 is 5.91 Å². The molecule has 1 aromatic carbocycles. The second-order valence-electron chi connectivity index (χ2n) is 4.22. The molecule has 0 heterocycles. The number of carbonyl (C=O) groups excluding carboxylic acids is 1. The van der Waals surface area contributed by atoms with Crippen molar-refractivity contribution in [1.29, 1.82) is 0 Å². The maximum absolute atomic E-state index is 12.2. The van der Waals surface area contributed by atoms with Crippen LogP contribution in [0.15, 0.2) is 12.1 Å². The van der Waals surface area contributed by atoms with Gasteiger partial charge in [-0.1, -0.05) is 0 Å². The Kier molecular flexibility index (Phi) is 5.69. The third-order valence-corrected chi connectivity index (χ3v) is 2.60. The summed E-state index contributed by atoms with van der Waals surface area (Å²) >= 11 is 0. The summed E-state index contributed by atoms with van der Waals surface area (Å²) in [5, 5.41) is 2.71. The van der Waals surface area contributed by atoms with Gasteiger partial charge in [0, 0.05) is 12.1 Å². The van der Waals surface area contributed by atoms with Crippen molar-refractivity contribution in [1.82, 2.24) is 5.32 Å². The molecule has 1 rings (SSSR count). The lowest BCUT2D eigenvalue weighted by atomic mass is 10.1. The molecule has 0 aliphatic carbocycles. The maximum atomic E-state index is 12.2. The third-order valence-electron chi connectivity index (χ3n) is 2.60. The molecule has 0 unspecified atom stereocenters. The lowest BCUT2D eigenvalue weighted by molar-refractivity contribution is -0.0507. The molecule has 1 amide bonds. The standard InChI is InChI=1S/C13H18F2N2O2/c1-8-6-10(12(18)17-5-3-4-16)7-9(2)11(8)19-13(14)15/h6-7,13H,3-5,16H2,1-2H3,(H,17,18). The molecular formula is C13H18F2N2O2. The van der Waals surface area contributed by atoms with Gasteiger partial charge in [0.25, 0.3) is 5.91 Å². The van der Waals surface area contributed by atoms with E-state index in [4.69, 9.17) is 5.73 Å². The number of amides is 1. The summed E-state index contributed by atoms with van der Waals surface area (Å²) in [5.74, 6) is -0.128. The van der Waals surface area contributed by atoms with Crippen LogP contribution in [0.2, 0.25) is 0 Å². The molecule has 0 radical (unpaired) electrons. The van der Waals surface area contributed by atoms with E-state index in [1.54, 1.807) is 13.8 Å². The zero-order valence-electron chi connectivity index (χ0n) is 11.0. The average Bonchev–Trinajstić information content (AvgIpc) is 2.33. The van der Waals surface area contributed by atoms with E-state index in [-0.39, 0.29) is 11.7 Å². The van der Waals surface area contributed by atoms with Gasteiger partial charge in [-0.2, -0.15) is 8.78 Å². The van der Waals surface area contributed by atoms with Crippen LogP contribution in [-0.2, 0) is 0 Å². The summed E-state index contributed by atoms with van der Waals surface area (Å²) in [6.07, 6.45) is 0.691. The fraction of sp³-hybridized carbons (Fsp3) is 0.462. The van der Waals surface area contributed by atoms with Gasteiger partial charge in [0.15, 0.2) is 0 Å². The first-order chi connectivity index (χ1) is 8.95. The number of aryl methyl sites for hydroxylation is 2. The minimum atomic E-state index is -2.87. The second kappa shape index (κ2) is 7.04. The third kappa shape index (κ3) is 4.48. The summed E-state index contributed by atoms with van der Waals surface area (Å²) in [6, 6.07) is 3.06. The monoisotopic (exact) mass is 272 g/mol. The van der Waals surface area contributed by atoms with E-state index in [0.29, 0.717) is 36.2 Å². The summed E-state index contributed by atoms with van der Waals surface area (Å²) in [5.41, 5.74) is 6.76. The Hall–Kier alpha value is -1.69. The fourth-order valence-corrected chi connectivity index (χ4v) is 1.76. The first-order valence-electron chi connectivity index (χ1n) is 6.00. The number of rotatable bonds is 6. The van der Waals surface area contributed by atoms with Crippen molar-refractivity contribution in [2.75, 3.05) is 13.1 Å². The average molecular weight is 272 g/mol. The zero-order chi connectivity index (χ0) is 14.4. The topological polar surface area (TPSA) is 64.4 Å². The van der Waals surface area contributed by atoms with Crippen molar-refractivity contribution in [2.24, 2.45) is 5.73 Å². The predicted octanol–water partition coefficient (Wildman–Crippen LogP) is 1.98. The molecule has 0 aromatic heterocycles. The molecule has 0 saturated carbocycles. The Labute approximate surface area is 110 Å². The van der Waals surface area contributed by atoms with Gasteiger partial charge in [0.2, 0.25) is 0 Å². The zero-order valence-corrected chi connectivity index (χ0v) is 11.0. The van der Waals surface area contributed by atoms with Gasteiger partial charge < -0.3 is 15.8 Å². The highest BCUT2D eigenvalue weighted by atomic mass is 19.3. The van der Waals surface area contributed by atoms with Gasteiger partial charge in [-0.25, -0.2) is 0 Å². The van der Waals surface area contributed by atoms with Gasteiger partial charge in [-0.05, 0) is 50.1 Å². The largest absolute Gasteiger partial charge is 0.434 e. The molecule has 0 bridgehead atoms. The minimum Gasteiger partial charge on any atom is -0.434 e. The molecule has 0 aliphatic heterocycles. The number of halogens is 2. The Morgan fingerprint density at radius 3 is 2.42 bits per heavy atom. The van der Waals surface area contributed by atoms with Crippen molar-refractivity contribution < 1.29 is 18.3 Å². The van der Waals surface area contributed by atoms with E-state index in [2.05, 4.69) is 10.1 Å². The quantitative estimate of drug-likeness (QED) is 0.778. The summed E-state index contributed by atoms with van der Waals surface area (Å²) in [7, 11) is 0. The molecule has 0 atom stereocenters. The smallest absolute Gasteiger partial charge is 0.387 e. The number of hydrogen-bond donors (Lipinski definition) is 2. The first-order valence-corrected chi connectivity index (χ1v) is 6.00. The van der Waals surface area contributed by atoms with Crippen molar-refractivity contribution in [3.8, 4) is 5.75 Å². The second-order valence-corrected chi connectivity index (χ2v) is 4.22.